The zero-order valence-electron chi connectivity index (χ0n) is 21.9. The first kappa shape index (κ1) is 27.5. The Labute approximate surface area is 220 Å². The van der Waals surface area contributed by atoms with Gasteiger partial charge in [0.1, 0.15) is 6.61 Å². The van der Waals surface area contributed by atoms with Crippen LogP contribution in [-0.2, 0) is 23.7 Å². The molecule has 0 atom stereocenters. The number of hydrogen-bond donors (Lipinski definition) is 1. The number of nitrogens with one attached hydrogen (secondary N) is 1. The van der Waals surface area contributed by atoms with Crippen LogP contribution in [0.2, 0.25) is 0 Å². The fourth-order valence-electron chi connectivity index (χ4n) is 4.97. The van der Waals surface area contributed by atoms with E-state index in [1.54, 1.807) is 7.11 Å². The van der Waals surface area contributed by atoms with E-state index in [-0.39, 0.29) is 12.0 Å². The minimum atomic E-state index is -0.215. The zero-order chi connectivity index (χ0) is 25.7. The molecule has 2 aromatic carbocycles. The van der Waals surface area contributed by atoms with Crippen molar-refractivity contribution in [2.24, 2.45) is 0 Å². The number of likely N-dealkylation sites (tertiary alicyclic amines) is 1. The predicted molar refractivity (Wildman–Crippen MR) is 142 cm³/mol. The van der Waals surface area contributed by atoms with E-state index >= 15 is 0 Å². The maximum Gasteiger partial charge on any atom is 0.409 e. The third kappa shape index (κ3) is 7.99. The van der Waals surface area contributed by atoms with Crippen LogP contribution in [0.4, 0.5) is 4.79 Å². The number of ether oxygens (including phenoxy) is 5. The SMILES string of the molecule is COCCOCCOCCOCCNC1CCN(C(=O)OCC2c3ccccc3-c3ccccc32)CC1. The number of hydrogen-bond acceptors (Lipinski definition) is 7. The number of carbonyl (C=O) groups is 1. The fraction of sp³-hybridized carbons (Fsp3) is 0.552. The summed E-state index contributed by atoms with van der Waals surface area (Å²) >= 11 is 0. The van der Waals surface area contributed by atoms with Gasteiger partial charge < -0.3 is 33.9 Å². The summed E-state index contributed by atoms with van der Waals surface area (Å²) in [5.74, 6) is 0.0928. The van der Waals surface area contributed by atoms with Crippen LogP contribution in [0.25, 0.3) is 11.1 Å². The van der Waals surface area contributed by atoms with E-state index in [4.69, 9.17) is 23.7 Å². The van der Waals surface area contributed by atoms with E-state index in [0.717, 1.165) is 19.4 Å². The predicted octanol–water partition coefficient (Wildman–Crippen LogP) is 3.69. The van der Waals surface area contributed by atoms with Crippen molar-refractivity contribution < 1.29 is 28.5 Å². The number of rotatable bonds is 15. The standard InChI is InChI=1S/C29H40N2O6/c1-33-16-17-35-20-21-36-19-18-34-15-12-30-23-10-13-31(14-11-23)29(32)37-22-28-26-8-4-2-6-24(26)25-7-3-5-9-27(25)28/h2-9,23,28,30H,10-22H2,1H3. The largest absolute Gasteiger partial charge is 0.448 e. The number of carbonyl (C=O) groups excluding carboxylic acids is 1. The number of benzene rings is 2. The summed E-state index contributed by atoms with van der Waals surface area (Å²) in [5.41, 5.74) is 4.96. The molecule has 0 saturated carbocycles. The van der Waals surface area contributed by atoms with Crippen molar-refractivity contribution in [2.75, 3.05) is 79.6 Å². The highest BCUT2D eigenvalue weighted by Gasteiger charge is 2.30. The average Bonchev–Trinajstić information content (AvgIpc) is 3.26. The quantitative estimate of drug-likeness (QED) is 0.365. The summed E-state index contributed by atoms with van der Waals surface area (Å²) in [5, 5.41) is 3.53. The van der Waals surface area contributed by atoms with Crippen molar-refractivity contribution in [3.63, 3.8) is 0 Å². The molecule has 8 nitrogen and oxygen atoms in total. The maximum atomic E-state index is 12.8. The average molecular weight is 513 g/mol. The maximum absolute atomic E-state index is 12.8. The van der Waals surface area contributed by atoms with Gasteiger partial charge in [-0.05, 0) is 35.1 Å². The molecule has 0 radical (unpaired) electrons. The third-order valence-electron chi connectivity index (χ3n) is 6.94. The second-order valence-corrected chi connectivity index (χ2v) is 9.35. The highest BCUT2D eigenvalue weighted by molar-refractivity contribution is 5.79. The first-order valence-corrected chi connectivity index (χ1v) is 13.3. The summed E-state index contributed by atoms with van der Waals surface area (Å²) in [4.78, 5) is 14.6. The van der Waals surface area contributed by atoms with Gasteiger partial charge in [-0.3, -0.25) is 0 Å². The van der Waals surface area contributed by atoms with Crippen molar-refractivity contribution in [3.8, 4) is 11.1 Å². The van der Waals surface area contributed by atoms with Gasteiger partial charge in [-0.15, -0.1) is 0 Å². The van der Waals surface area contributed by atoms with Crippen LogP contribution in [0.1, 0.15) is 29.9 Å². The lowest BCUT2D eigenvalue weighted by Crippen LogP contribution is -2.46. The lowest BCUT2D eigenvalue weighted by molar-refractivity contribution is 0.00376. The second-order valence-electron chi connectivity index (χ2n) is 9.35. The van der Waals surface area contributed by atoms with E-state index in [0.29, 0.717) is 72.0 Å². The fourth-order valence-corrected chi connectivity index (χ4v) is 4.97. The van der Waals surface area contributed by atoms with Crippen LogP contribution in [-0.4, -0.2) is 96.6 Å². The molecule has 1 N–H and O–H groups in total. The molecule has 1 saturated heterocycles. The normalized spacial score (nSPS) is 15.5. The number of methoxy groups -OCH3 is 1. The van der Waals surface area contributed by atoms with Crippen LogP contribution >= 0.6 is 0 Å². The number of piperidine rings is 1. The summed E-state index contributed by atoms with van der Waals surface area (Å²) in [6, 6.07) is 17.2. The van der Waals surface area contributed by atoms with Crippen LogP contribution in [0.15, 0.2) is 48.5 Å². The van der Waals surface area contributed by atoms with Gasteiger partial charge in [-0.2, -0.15) is 0 Å². The molecular formula is C29H40N2O6. The molecule has 8 heteroatoms. The zero-order valence-corrected chi connectivity index (χ0v) is 21.9. The molecule has 1 aliphatic heterocycles. The van der Waals surface area contributed by atoms with E-state index in [9.17, 15) is 4.79 Å². The first-order chi connectivity index (χ1) is 18.3. The Hall–Kier alpha value is -2.49. The molecule has 1 heterocycles. The van der Waals surface area contributed by atoms with Gasteiger partial charge in [-0.1, -0.05) is 48.5 Å². The van der Waals surface area contributed by atoms with Gasteiger partial charge in [0, 0.05) is 38.7 Å². The molecule has 202 valence electrons. The number of amides is 1. The van der Waals surface area contributed by atoms with Gasteiger partial charge in [0.05, 0.1) is 46.2 Å². The molecule has 2 aromatic rings. The smallest absolute Gasteiger partial charge is 0.409 e. The number of nitrogens with zero attached hydrogens (tertiary/aromatic N) is 1. The Morgan fingerprint density at radius 1 is 0.811 bits per heavy atom. The Morgan fingerprint density at radius 3 is 1.95 bits per heavy atom. The summed E-state index contributed by atoms with van der Waals surface area (Å²) in [6.45, 7) is 6.66. The second kappa shape index (κ2) is 15.1. The van der Waals surface area contributed by atoms with Crippen molar-refractivity contribution in [2.45, 2.75) is 24.8 Å². The summed E-state index contributed by atoms with van der Waals surface area (Å²) in [6.07, 6.45) is 1.61. The molecule has 0 aromatic heterocycles. The van der Waals surface area contributed by atoms with Crippen molar-refractivity contribution in [1.82, 2.24) is 10.2 Å². The third-order valence-corrected chi connectivity index (χ3v) is 6.94. The van der Waals surface area contributed by atoms with Crippen molar-refractivity contribution >= 4 is 6.09 Å². The topological polar surface area (TPSA) is 78.5 Å². The Morgan fingerprint density at radius 2 is 1.35 bits per heavy atom. The molecule has 0 bridgehead atoms. The monoisotopic (exact) mass is 512 g/mol. The molecule has 37 heavy (non-hydrogen) atoms. The molecule has 1 amide bonds. The Balaban J connectivity index is 1.06. The first-order valence-electron chi connectivity index (χ1n) is 13.3. The van der Waals surface area contributed by atoms with Crippen molar-refractivity contribution in [3.05, 3.63) is 59.7 Å². The molecule has 1 fully saturated rings. The molecular weight excluding hydrogens is 472 g/mol. The van der Waals surface area contributed by atoms with Crippen LogP contribution < -0.4 is 5.32 Å². The van der Waals surface area contributed by atoms with Crippen molar-refractivity contribution in [1.29, 1.82) is 0 Å². The van der Waals surface area contributed by atoms with Gasteiger partial charge in [-0.25, -0.2) is 4.79 Å². The molecule has 4 rings (SSSR count). The van der Waals surface area contributed by atoms with Crippen LogP contribution in [0.3, 0.4) is 0 Å². The Bertz CT molecular complexity index is 917. The lowest BCUT2D eigenvalue weighted by atomic mass is 9.98. The van der Waals surface area contributed by atoms with E-state index in [1.165, 1.54) is 22.3 Å². The van der Waals surface area contributed by atoms with Crippen LogP contribution in [0.5, 0.6) is 0 Å². The van der Waals surface area contributed by atoms with Gasteiger partial charge in [0.15, 0.2) is 0 Å². The molecule has 0 spiro atoms. The van der Waals surface area contributed by atoms with E-state index < -0.39 is 0 Å². The molecule has 0 unspecified atom stereocenters. The highest BCUT2D eigenvalue weighted by atomic mass is 16.6. The molecule has 1 aliphatic carbocycles. The van der Waals surface area contributed by atoms with E-state index in [2.05, 4.69) is 53.8 Å². The molecule has 2 aliphatic rings. The van der Waals surface area contributed by atoms with E-state index in [1.807, 2.05) is 4.90 Å². The Kier molecular flexibility index (Phi) is 11.2. The lowest BCUT2D eigenvalue weighted by Gasteiger charge is -2.32. The number of fused-ring (bicyclic) bond motifs is 3. The summed E-state index contributed by atoms with van der Waals surface area (Å²) < 4.78 is 27.2. The minimum Gasteiger partial charge on any atom is -0.448 e. The highest BCUT2D eigenvalue weighted by Crippen LogP contribution is 2.44. The minimum absolute atomic E-state index is 0.0928. The van der Waals surface area contributed by atoms with Gasteiger partial charge in [0.25, 0.3) is 0 Å². The van der Waals surface area contributed by atoms with Gasteiger partial charge >= 0.3 is 6.09 Å². The van der Waals surface area contributed by atoms with Gasteiger partial charge in [0.2, 0.25) is 0 Å². The summed E-state index contributed by atoms with van der Waals surface area (Å²) in [7, 11) is 1.66. The van der Waals surface area contributed by atoms with Crippen LogP contribution in [0, 0.1) is 0 Å².